The number of benzene rings is 2. The lowest BCUT2D eigenvalue weighted by Gasteiger charge is -2.14. The van der Waals surface area contributed by atoms with E-state index in [0.29, 0.717) is 0 Å². The number of rotatable bonds is 4. The molecule has 0 saturated carbocycles. The SMILES string of the molecule is CC(C)NC(=O)C(Br)c1ccc(-c2ccccc2Cl)cc1. The maximum Gasteiger partial charge on any atom is 0.238 e. The van der Waals surface area contributed by atoms with E-state index in [1.54, 1.807) is 0 Å². The van der Waals surface area contributed by atoms with Crippen LogP contribution in [0.5, 0.6) is 0 Å². The highest BCUT2D eigenvalue weighted by Crippen LogP contribution is 2.30. The van der Waals surface area contributed by atoms with Gasteiger partial charge >= 0.3 is 0 Å². The van der Waals surface area contributed by atoms with Gasteiger partial charge in [-0.15, -0.1) is 0 Å². The minimum atomic E-state index is -0.347. The summed E-state index contributed by atoms with van der Waals surface area (Å²) in [5.41, 5.74) is 2.95. The van der Waals surface area contributed by atoms with E-state index in [4.69, 9.17) is 11.6 Å². The minimum absolute atomic E-state index is 0.0320. The van der Waals surface area contributed by atoms with Crippen molar-refractivity contribution in [2.24, 2.45) is 0 Å². The molecule has 0 heterocycles. The molecule has 0 aromatic heterocycles. The maximum atomic E-state index is 12.0. The van der Waals surface area contributed by atoms with Crippen molar-refractivity contribution in [1.29, 1.82) is 0 Å². The Morgan fingerprint density at radius 3 is 2.29 bits per heavy atom. The van der Waals surface area contributed by atoms with E-state index < -0.39 is 0 Å². The van der Waals surface area contributed by atoms with Gasteiger partial charge in [0.05, 0.1) is 0 Å². The average molecular weight is 367 g/mol. The first-order chi connectivity index (χ1) is 9.99. The van der Waals surface area contributed by atoms with Crippen LogP contribution in [0.3, 0.4) is 0 Å². The Kier molecular flexibility index (Phi) is 5.43. The van der Waals surface area contributed by atoms with Crippen LogP contribution in [0.15, 0.2) is 48.5 Å². The lowest BCUT2D eigenvalue weighted by molar-refractivity contribution is -0.121. The topological polar surface area (TPSA) is 29.1 Å². The molecule has 110 valence electrons. The summed E-state index contributed by atoms with van der Waals surface area (Å²) < 4.78 is 0. The third kappa shape index (κ3) is 4.08. The maximum absolute atomic E-state index is 12.0. The lowest BCUT2D eigenvalue weighted by atomic mass is 10.0. The molecule has 4 heteroatoms. The first-order valence-corrected chi connectivity index (χ1v) is 8.07. The summed E-state index contributed by atoms with van der Waals surface area (Å²) in [6, 6.07) is 15.7. The Labute approximate surface area is 138 Å². The van der Waals surface area contributed by atoms with Gasteiger partial charge in [0, 0.05) is 16.6 Å². The summed E-state index contributed by atoms with van der Waals surface area (Å²) in [7, 11) is 0. The molecule has 0 spiro atoms. The van der Waals surface area contributed by atoms with Crippen LogP contribution in [0, 0.1) is 0 Å². The van der Waals surface area contributed by atoms with Crippen molar-refractivity contribution in [3.8, 4) is 11.1 Å². The molecule has 1 unspecified atom stereocenters. The summed E-state index contributed by atoms with van der Waals surface area (Å²) in [5.74, 6) is -0.0320. The molecule has 2 nitrogen and oxygen atoms in total. The van der Waals surface area contributed by atoms with E-state index in [-0.39, 0.29) is 16.8 Å². The predicted molar refractivity (Wildman–Crippen MR) is 91.8 cm³/mol. The minimum Gasteiger partial charge on any atom is -0.353 e. The first-order valence-electron chi connectivity index (χ1n) is 6.78. The molecule has 1 N–H and O–H groups in total. The molecule has 0 fully saturated rings. The van der Waals surface area contributed by atoms with Crippen molar-refractivity contribution in [3.63, 3.8) is 0 Å². The van der Waals surface area contributed by atoms with E-state index >= 15 is 0 Å². The molecule has 2 rings (SSSR count). The van der Waals surface area contributed by atoms with Gasteiger partial charge in [0.2, 0.25) is 5.91 Å². The average Bonchev–Trinajstić information content (AvgIpc) is 2.46. The van der Waals surface area contributed by atoms with E-state index in [2.05, 4.69) is 21.2 Å². The quantitative estimate of drug-likeness (QED) is 0.761. The Hall–Kier alpha value is -1.32. The molecule has 0 saturated heterocycles. The van der Waals surface area contributed by atoms with Crippen LogP contribution in [0.25, 0.3) is 11.1 Å². The van der Waals surface area contributed by atoms with Crippen LogP contribution >= 0.6 is 27.5 Å². The normalized spacial score (nSPS) is 12.2. The zero-order valence-electron chi connectivity index (χ0n) is 11.9. The van der Waals surface area contributed by atoms with Crippen molar-refractivity contribution in [2.75, 3.05) is 0 Å². The fourth-order valence-electron chi connectivity index (χ4n) is 2.04. The number of halogens is 2. The van der Waals surface area contributed by atoms with E-state index in [0.717, 1.165) is 21.7 Å². The first kappa shape index (κ1) is 16.1. The van der Waals surface area contributed by atoms with Crippen LogP contribution < -0.4 is 5.32 Å². The van der Waals surface area contributed by atoms with Crippen LogP contribution in [0.2, 0.25) is 5.02 Å². The number of hydrogen-bond acceptors (Lipinski definition) is 1. The molecule has 0 aliphatic rings. The lowest BCUT2D eigenvalue weighted by Crippen LogP contribution is -2.32. The van der Waals surface area contributed by atoms with Gasteiger partial charge in [0.1, 0.15) is 4.83 Å². The molecule has 0 radical (unpaired) electrons. The van der Waals surface area contributed by atoms with Gasteiger partial charge in [-0.2, -0.15) is 0 Å². The highest BCUT2D eigenvalue weighted by atomic mass is 79.9. The highest BCUT2D eigenvalue weighted by Gasteiger charge is 2.17. The summed E-state index contributed by atoms with van der Waals surface area (Å²) in [6.45, 7) is 3.89. The molecule has 21 heavy (non-hydrogen) atoms. The van der Waals surface area contributed by atoms with E-state index in [9.17, 15) is 4.79 Å². The molecule has 0 aliphatic heterocycles. The van der Waals surface area contributed by atoms with Crippen molar-refractivity contribution in [3.05, 3.63) is 59.1 Å². The second-order valence-corrected chi connectivity index (χ2v) is 6.45. The second kappa shape index (κ2) is 7.10. The summed E-state index contributed by atoms with van der Waals surface area (Å²) in [4.78, 5) is 11.6. The standard InChI is InChI=1S/C17H17BrClNO/c1-11(2)20-17(21)16(18)13-9-7-12(8-10-13)14-5-3-4-6-15(14)19/h3-11,16H,1-2H3,(H,20,21). The predicted octanol–water partition coefficient (Wildman–Crippen LogP) is 4.97. The molecular weight excluding hydrogens is 350 g/mol. The third-order valence-corrected chi connectivity index (χ3v) is 4.32. The van der Waals surface area contributed by atoms with Crippen molar-refractivity contribution >= 4 is 33.4 Å². The highest BCUT2D eigenvalue weighted by molar-refractivity contribution is 9.09. The van der Waals surface area contributed by atoms with E-state index in [1.165, 1.54) is 0 Å². The molecule has 0 bridgehead atoms. The molecule has 0 aliphatic carbocycles. The fourth-order valence-corrected chi connectivity index (χ4v) is 2.72. The van der Waals surface area contributed by atoms with Crippen LogP contribution in [-0.2, 0) is 4.79 Å². The molecule has 1 amide bonds. The largest absolute Gasteiger partial charge is 0.353 e. The van der Waals surface area contributed by atoms with Gasteiger partial charge in [-0.25, -0.2) is 0 Å². The van der Waals surface area contributed by atoms with Gasteiger partial charge in [-0.05, 0) is 31.0 Å². The Morgan fingerprint density at radius 1 is 1.10 bits per heavy atom. The summed E-state index contributed by atoms with van der Waals surface area (Å²) in [6.07, 6.45) is 0. The van der Waals surface area contributed by atoms with Crippen LogP contribution in [-0.4, -0.2) is 11.9 Å². The Morgan fingerprint density at radius 2 is 1.71 bits per heavy atom. The number of alkyl halides is 1. The van der Waals surface area contributed by atoms with Gasteiger partial charge in [0.25, 0.3) is 0 Å². The summed E-state index contributed by atoms with van der Waals surface area (Å²) in [5, 5.41) is 3.61. The van der Waals surface area contributed by atoms with Gasteiger partial charge in [-0.3, -0.25) is 4.79 Å². The number of amides is 1. The summed E-state index contributed by atoms with van der Waals surface area (Å²) >= 11 is 9.63. The molecule has 2 aromatic rings. The van der Waals surface area contributed by atoms with Crippen molar-refractivity contribution in [2.45, 2.75) is 24.7 Å². The number of nitrogens with one attached hydrogen (secondary N) is 1. The van der Waals surface area contributed by atoms with Crippen LogP contribution in [0.1, 0.15) is 24.2 Å². The smallest absolute Gasteiger partial charge is 0.238 e. The number of hydrogen-bond donors (Lipinski definition) is 1. The van der Waals surface area contributed by atoms with Gasteiger partial charge in [-0.1, -0.05) is 70.0 Å². The zero-order chi connectivity index (χ0) is 15.4. The number of carbonyl (C=O) groups excluding carboxylic acids is 1. The monoisotopic (exact) mass is 365 g/mol. The third-order valence-electron chi connectivity index (χ3n) is 3.05. The van der Waals surface area contributed by atoms with E-state index in [1.807, 2.05) is 62.4 Å². The van der Waals surface area contributed by atoms with Crippen molar-refractivity contribution < 1.29 is 4.79 Å². The Balaban J connectivity index is 2.19. The molecule has 2 aromatic carbocycles. The van der Waals surface area contributed by atoms with Crippen LogP contribution in [0.4, 0.5) is 0 Å². The molecule has 1 atom stereocenters. The molecular formula is C17H17BrClNO. The van der Waals surface area contributed by atoms with Crippen molar-refractivity contribution in [1.82, 2.24) is 5.32 Å². The van der Waals surface area contributed by atoms with Gasteiger partial charge in [0.15, 0.2) is 0 Å². The fraction of sp³-hybridized carbons (Fsp3) is 0.235. The van der Waals surface area contributed by atoms with Gasteiger partial charge < -0.3 is 5.32 Å². The Bertz CT molecular complexity index is 625. The zero-order valence-corrected chi connectivity index (χ0v) is 14.3. The second-order valence-electron chi connectivity index (χ2n) is 5.13. The number of carbonyl (C=O) groups is 1.